The molecule has 0 saturated heterocycles. The minimum Gasteiger partial charge on any atom is -0.325 e. The summed E-state index contributed by atoms with van der Waals surface area (Å²) in [6.45, 7) is 5.90. The van der Waals surface area contributed by atoms with E-state index in [0.29, 0.717) is 17.3 Å². The first kappa shape index (κ1) is 19.9. The highest BCUT2D eigenvalue weighted by atomic mass is 32.2. The van der Waals surface area contributed by atoms with Crippen LogP contribution in [0.5, 0.6) is 0 Å². The molecule has 1 atom stereocenters. The Bertz CT molecular complexity index is 1030. The number of aryl methyl sites for hydroxylation is 2. The Hall–Kier alpha value is -2.86. The van der Waals surface area contributed by atoms with Gasteiger partial charge in [0, 0.05) is 17.3 Å². The van der Waals surface area contributed by atoms with Crippen LogP contribution < -0.4 is 10.9 Å². The Labute approximate surface area is 168 Å². The monoisotopic (exact) mass is 393 g/mol. The lowest BCUT2D eigenvalue weighted by Crippen LogP contribution is -2.25. The minimum absolute atomic E-state index is 0.103. The van der Waals surface area contributed by atoms with Crippen LogP contribution in [0.3, 0.4) is 0 Å². The van der Waals surface area contributed by atoms with Gasteiger partial charge < -0.3 is 10.3 Å². The number of nitrogens with one attached hydrogen (secondary N) is 2. The summed E-state index contributed by atoms with van der Waals surface area (Å²) in [7, 11) is 0. The van der Waals surface area contributed by atoms with E-state index in [2.05, 4.69) is 15.3 Å². The highest BCUT2D eigenvalue weighted by Crippen LogP contribution is 2.26. The second-order valence-corrected chi connectivity index (χ2v) is 7.82. The first-order chi connectivity index (χ1) is 13.5. The molecular formula is C22H23N3O2S. The van der Waals surface area contributed by atoms with Crippen molar-refractivity contribution in [3.05, 3.63) is 76.1 Å². The molecule has 6 heteroatoms. The summed E-state index contributed by atoms with van der Waals surface area (Å²) in [5.41, 5.74) is 4.13. The second kappa shape index (κ2) is 8.89. The number of hydrogen-bond acceptors (Lipinski definition) is 4. The number of aromatic amines is 1. The molecule has 0 fully saturated rings. The molecule has 144 valence electrons. The molecule has 2 aromatic carbocycles. The molecule has 1 aromatic heterocycles. The molecule has 3 aromatic rings. The summed E-state index contributed by atoms with van der Waals surface area (Å²) in [5, 5.41) is 3.08. The quantitative estimate of drug-likeness (QED) is 0.475. The molecule has 1 unspecified atom stereocenters. The fourth-order valence-corrected chi connectivity index (χ4v) is 3.70. The number of nitrogens with zero attached hydrogens (tertiary/aromatic N) is 1. The SMILES string of the molecule is CCC(Sc1nc(-c2ccccc2)cc(=O)[nH]1)C(=O)Nc1cc(C)ccc1C. The third-order valence-electron chi connectivity index (χ3n) is 4.36. The van der Waals surface area contributed by atoms with Crippen LogP contribution >= 0.6 is 11.8 Å². The van der Waals surface area contributed by atoms with E-state index in [1.165, 1.54) is 17.8 Å². The van der Waals surface area contributed by atoms with Crippen molar-refractivity contribution in [1.29, 1.82) is 0 Å². The molecular weight excluding hydrogens is 370 g/mol. The van der Waals surface area contributed by atoms with Crippen LogP contribution in [0.15, 0.2) is 64.5 Å². The number of thioether (sulfide) groups is 1. The summed E-state index contributed by atoms with van der Waals surface area (Å²) < 4.78 is 0. The number of H-pyrrole nitrogens is 1. The van der Waals surface area contributed by atoms with Gasteiger partial charge in [0.25, 0.3) is 5.56 Å². The maximum atomic E-state index is 12.8. The van der Waals surface area contributed by atoms with Crippen LogP contribution in [0.4, 0.5) is 5.69 Å². The van der Waals surface area contributed by atoms with Crippen molar-refractivity contribution >= 4 is 23.4 Å². The van der Waals surface area contributed by atoms with E-state index < -0.39 is 0 Å². The third kappa shape index (κ3) is 4.89. The number of carbonyl (C=O) groups excluding carboxylic acids is 1. The fourth-order valence-electron chi connectivity index (χ4n) is 2.79. The molecule has 2 N–H and O–H groups in total. The van der Waals surface area contributed by atoms with E-state index in [0.717, 1.165) is 22.4 Å². The molecule has 1 heterocycles. The van der Waals surface area contributed by atoms with Gasteiger partial charge in [0.1, 0.15) is 0 Å². The van der Waals surface area contributed by atoms with Crippen molar-refractivity contribution in [2.75, 3.05) is 5.32 Å². The van der Waals surface area contributed by atoms with Crippen molar-refractivity contribution in [2.45, 2.75) is 37.6 Å². The van der Waals surface area contributed by atoms with Crippen molar-refractivity contribution in [3.8, 4) is 11.3 Å². The average Bonchev–Trinajstić information content (AvgIpc) is 2.69. The topological polar surface area (TPSA) is 74.8 Å². The first-order valence-corrected chi connectivity index (χ1v) is 10.1. The maximum absolute atomic E-state index is 12.8. The molecule has 0 spiro atoms. The van der Waals surface area contributed by atoms with Gasteiger partial charge in [-0.2, -0.15) is 0 Å². The lowest BCUT2D eigenvalue weighted by atomic mass is 10.1. The number of anilines is 1. The van der Waals surface area contributed by atoms with Crippen LogP contribution in [0.25, 0.3) is 11.3 Å². The van der Waals surface area contributed by atoms with E-state index in [4.69, 9.17) is 0 Å². The van der Waals surface area contributed by atoms with Gasteiger partial charge in [-0.15, -0.1) is 0 Å². The van der Waals surface area contributed by atoms with Crippen molar-refractivity contribution < 1.29 is 4.79 Å². The Balaban J connectivity index is 1.81. The lowest BCUT2D eigenvalue weighted by molar-refractivity contribution is -0.115. The molecule has 5 nitrogen and oxygen atoms in total. The molecule has 0 bridgehead atoms. The third-order valence-corrected chi connectivity index (χ3v) is 5.61. The maximum Gasteiger partial charge on any atom is 0.252 e. The lowest BCUT2D eigenvalue weighted by Gasteiger charge is -2.16. The van der Waals surface area contributed by atoms with Crippen LogP contribution in [-0.4, -0.2) is 21.1 Å². The largest absolute Gasteiger partial charge is 0.325 e. The number of benzene rings is 2. The predicted molar refractivity (Wildman–Crippen MR) is 115 cm³/mol. The van der Waals surface area contributed by atoms with Gasteiger partial charge in [-0.3, -0.25) is 9.59 Å². The Morgan fingerprint density at radius 2 is 1.89 bits per heavy atom. The van der Waals surface area contributed by atoms with Gasteiger partial charge in [-0.05, 0) is 37.5 Å². The van der Waals surface area contributed by atoms with Gasteiger partial charge >= 0.3 is 0 Å². The molecule has 1 amide bonds. The molecule has 0 aliphatic rings. The Morgan fingerprint density at radius 1 is 1.14 bits per heavy atom. The van der Waals surface area contributed by atoms with Gasteiger partial charge in [0.05, 0.1) is 10.9 Å². The van der Waals surface area contributed by atoms with Gasteiger partial charge in [-0.25, -0.2) is 4.98 Å². The van der Waals surface area contributed by atoms with E-state index >= 15 is 0 Å². The summed E-state index contributed by atoms with van der Waals surface area (Å²) in [6, 6.07) is 17.0. The van der Waals surface area contributed by atoms with E-state index in [1.807, 2.05) is 69.3 Å². The molecule has 0 saturated carbocycles. The van der Waals surface area contributed by atoms with Crippen LogP contribution in [0.1, 0.15) is 24.5 Å². The molecule has 0 aliphatic heterocycles. The van der Waals surface area contributed by atoms with Crippen molar-refractivity contribution in [2.24, 2.45) is 0 Å². The van der Waals surface area contributed by atoms with Crippen molar-refractivity contribution in [1.82, 2.24) is 9.97 Å². The number of carbonyl (C=O) groups is 1. The predicted octanol–water partition coefficient (Wildman–Crippen LogP) is 4.56. The van der Waals surface area contributed by atoms with Gasteiger partial charge in [0.15, 0.2) is 5.16 Å². The fraction of sp³-hybridized carbons (Fsp3) is 0.227. The minimum atomic E-state index is -0.367. The number of rotatable bonds is 6. The van der Waals surface area contributed by atoms with Crippen molar-refractivity contribution in [3.63, 3.8) is 0 Å². The van der Waals surface area contributed by atoms with E-state index in [9.17, 15) is 9.59 Å². The van der Waals surface area contributed by atoms with Crippen LogP contribution in [0.2, 0.25) is 0 Å². The summed E-state index contributed by atoms with van der Waals surface area (Å²) in [6.07, 6.45) is 0.612. The van der Waals surface area contributed by atoms with E-state index in [1.54, 1.807) is 0 Å². The zero-order chi connectivity index (χ0) is 20.1. The standard InChI is InChI=1S/C22H23N3O2S/c1-4-19(21(27)23-17-12-14(2)10-11-15(17)3)28-22-24-18(13-20(26)25-22)16-8-6-5-7-9-16/h5-13,19H,4H2,1-3H3,(H,23,27)(H,24,25,26). The molecule has 28 heavy (non-hydrogen) atoms. The molecule has 0 aliphatic carbocycles. The number of aromatic nitrogens is 2. The second-order valence-electron chi connectivity index (χ2n) is 6.62. The summed E-state index contributed by atoms with van der Waals surface area (Å²) in [5.74, 6) is -0.103. The van der Waals surface area contributed by atoms with Crippen LogP contribution in [-0.2, 0) is 4.79 Å². The van der Waals surface area contributed by atoms with Crippen LogP contribution in [0, 0.1) is 13.8 Å². The Morgan fingerprint density at radius 3 is 2.61 bits per heavy atom. The molecule has 3 rings (SSSR count). The smallest absolute Gasteiger partial charge is 0.252 e. The van der Waals surface area contributed by atoms with Gasteiger partial charge in [0.2, 0.25) is 5.91 Å². The zero-order valence-electron chi connectivity index (χ0n) is 16.2. The first-order valence-electron chi connectivity index (χ1n) is 9.18. The highest BCUT2D eigenvalue weighted by Gasteiger charge is 2.20. The number of amides is 1. The zero-order valence-corrected chi connectivity index (χ0v) is 17.0. The highest BCUT2D eigenvalue weighted by molar-refractivity contribution is 8.00. The molecule has 0 radical (unpaired) electrons. The normalized spacial score (nSPS) is 11.8. The number of hydrogen-bond donors (Lipinski definition) is 2. The van der Waals surface area contributed by atoms with E-state index in [-0.39, 0.29) is 16.7 Å². The average molecular weight is 394 g/mol. The Kier molecular flexibility index (Phi) is 6.31. The van der Waals surface area contributed by atoms with Gasteiger partial charge in [-0.1, -0.05) is 61.2 Å². The summed E-state index contributed by atoms with van der Waals surface area (Å²) in [4.78, 5) is 32.2. The summed E-state index contributed by atoms with van der Waals surface area (Å²) >= 11 is 1.27.